The number of nitrogens with zero attached hydrogens (tertiary/aromatic N) is 2. The van der Waals surface area contributed by atoms with Crippen molar-refractivity contribution < 1.29 is 4.79 Å². The van der Waals surface area contributed by atoms with E-state index in [1.807, 2.05) is 6.92 Å². The minimum atomic E-state index is 0.169. The van der Waals surface area contributed by atoms with E-state index in [0.29, 0.717) is 18.5 Å². The summed E-state index contributed by atoms with van der Waals surface area (Å²) in [6.07, 6.45) is 5.35. The van der Waals surface area contributed by atoms with Crippen molar-refractivity contribution in [2.45, 2.75) is 51.6 Å². The van der Waals surface area contributed by atoms with Gasteiger partial charge in [-0.25, -0.2) is 4.98 Å². The topological polar surface area (TPSA) is 71.2 Å². The Morgan fingerprint density at radius 3 is 2.83 bits per heavy atom. The van der Waals surface area contributed by atoms with Crippen LogP contribution in [0, 0.1) is 18.8 Å². The molecule has 3 N–H and O–H groups in total. The number of amides is 1. The van der Waals surface area contributed by atoms with E-state index in [0.717, 1.165) is 56.0 Å². The molecule has 1 amide bonds. The lowest BCUT2D eigenvalue weighted by Crippen LogP contribution is -2.45. The fourth-order valence-corrected chi connectivity index (χ4v) is 4.48. The van der Waals surface area contributed by atoms with Crippen molar-refractivity contribution in [2.24, 2.45) is 17.6 Å². The van der Waals surface area contributed by atoms with Gasteiger partial charge >= 0.3 is 0 Å². The third-order valence-electron chi connectivity index (χ3n) is 5.30. The van der Waals surface area contributed by atoms with Crippen molar-refractivity contribution in [1.82, 2.24) is 15.2 Å². The summed E-state index contributed by atoms with van der Waals surface area (Å²) in [7, 11) is 0. The zero-order valence-corrected chi connectivity index (χ0v) is 14.8. The van der Waals surface area contributed by atoms with Crippen LogP contribution in [0.3, 0.4) is 0 Å². The largest absolute Gasteiger partial charge is 0.353 e. The summed E-state index contributed by atoms with van der Waals surface area (Å²) in [5.74, 6) is 0.897. The van der Waals surface area contributed by atoms with Gasteiger partial charge in [0, 0.05) is 23.9 Å². The molecule has 2 atom stereocenters. The maximum Gasteiger partial charge on any atom is 0.223 e. The monoisotopic (exact) mass is 336 g/mol. The molecule has 1 aliphatic heterocycles. The van der Waals surface area contributed by atoms with Crippen LogP contribution in [0.5, 0.6) is 0 Å². The number of thiazole rings is 1. The van der Waals surface area contributed by atoms with Crippen molar-refractivity contribution in [3.05, 3.63) is 16.1 Å². The molecule has 5 nitrogen and oxygen atoms in total. The molecule has 2 fully saturated rings. The number of aryl methyl sites for hydroxylation is 1. The molecule has 128 valence electrons. The second kappa shape index (κ2) is 7.73. The summed E-state index contributed by atoms with van der Waals surface area (Å²) >= 11 is 1.71. The molecule has 0 aromatic carbocycles. The molecular weight excluding hydrogens is 308 g/mol. The van der Waals surface area contributed by atoms with E-state index in [2.05, 4.69) is 20.6 Å². The molecule has 1 aromatic heterocycles. The van der Waals surface area contributed by atoms with E-state index in [1.165, 1.54) is 6.42 Å². The lowest BCUT2D eigenvalue weighted by atomic mass is 9.94. The standard InChI is InChI=1S/C17H28N4OS/c1-12-19-15(11-23-12)10-21-7-5-13(6-8-21)17(22)20-16-4-2-3-14(16)9-18/h11,13-14,16H,2-10,18H2,1H3,(H,20,22). The average molecular weight is 337 g/mol. The summed E-state index contributed by atoms with van der Waals surface area (Å²) in [4.78, 5) is 19.4. The molecule has 0 radical (unpaired) electrons. The Morgan fingerprint density at radius 2 is 2.17 bits per heavy atom. The first kappa shape index (κ1) is 16.9. The first-order valence-corrected chi connectivity index (χ1v) is 9.67. The number of likely N-dealkylation sites (tertiary alicyclic amines) is 1. The van der Waals surface area contributed by atoms with Crippen molar-refractivity contribution in [3.63, 3.8) is 0 Å². The van der Waals surface area contributed by atoms with Gasteiger partial charge in [-0.2, -0.15) is 0 Å². The summed E-state index contributed by atoms with van der Waals surface area (Å²) in [5.41, 5.74) is 6.97. The smallest absolute Gasteiger partial charge is 0.223 e. The SMILES string of the molecule is Cc1nc(CN2CCC(C(=O)NC3CCCC3CN)CC2)cs1. The van der Waals surface area contributed by atoms with Gasteiger partial charge in [-0.05, 0) is 58.2 Å². The number of hydrogen-bond donors (Lipinski definition) is 2. The van der Waals surface area contributed by atoms with Gasteiger partial charge in [0.25, 0.3) is 0 Å². The van der Waals surface area contributed by atoms with E-state index in [1.54, 1.807) is 11.3 Å². The van der Waals surface area contributed by atoms with Crippen molar-refractivity contribution in [1.29, 1.82) is 0 Å². The maximum absolute atomic E-state index is 12.5. The summed E-state index contributed by atoms with van der Waals surface area (Å²) in [6.45, 7) is 5.62. The first-order valence-electron chi connectivity index (χ1n) is 8.79. The molecule has 3 rings (SSSR count). The van der Waals surface area contributed by atoms with Gasteiger partial charge in [0.2, 0.25) is 5.91 Å². The molecule has 1 aromatic rings. The van der Waals surface area contributed by atoms with E-state index in [9.17, 15) is 4.79 Å². The maximum atomic E-state index is 12.5. The van der Waals surface area contributed by atoms with Crippen LogP contribution in [-0.4, -0.2) is 41.5 Å². The van der Waals surface area contributed by atoms with E-state index < -0.39 is 0 Å². The first-order chi connectivity index (χ1) is 11.2. The minimum absolute atomic E-state index is 0.169. The zero-order chi connectivity index (χ0) is 16.2. The second-order valence-corrected chi connectivity index (χ2v) is 8.01. The highest BCUT2D eigenvalue weighted by Crippen LogP contribution is 2.26. The number of hydrogen-bond acceptors (Lipinski definition) is 5. The number of carbonyl (C=O) groups excluding carboxylic acids is 1. The lowest BCUT2D eigenvalue weighted by Gasteiger charge is -2.32. The number of nitrogens with one attached hydrogen (secondary N) is 1. The van der Waals surface area contributed by atoms with Gasteiger partial charge in [-0.3, -0.25) is 9.69 Å². The molecule has 1 saturated carbocycles. The van der Waals surface area contributed by atoms with Gasteiger partial charge in [0.15, 0.2) is 0 Å². The van der Waals surface area contributed by atoms with Crippen molar-refractivity contribution >= 4 is 17.2 Å². The summed E-state index contributed by atoms with van der Waals surface area (Å²) in [6, 6.07) is 0.309. The van der Waals surface area contributed by atoms with Gasteiger partial charge in [0.05, 0.1) is 10.7 Å². The molecule has 2 unspecified atom stereocenters. The number of piperidine rings is 1. The van der Waals surface area contributed by atoms with Crippen molar-refractivity contribution in [3.8, 4) is 0 Å². The fourth-order valence-electron chi connectivity index (χ4n) is 3.87. The van der Waals surface area contributed by atoms with E-state index in [-0.39, 0.29) is 11.8 Å². The summed E-state index contributed by atoms with van der Waals surface area (Å²) in [5, 5.41) is 6.53. The third-order valence-corrected chi connectivity index (χ3v) is 6.12. The average Bonchev–Trinajstić information content (AvgIpc) is 3.16. The summed E-state index contributed by atoms with van der Waals surface area (Å²) < 4.78 is 0. The van der Waals surface area contributed by atoms with Gasteiger partial charge in [0.1, 0.15) is 0 Å². The van der Waals surface area contributed by atoms with Crippen LogP contribution >= 0.6 is 11.3 Å². The molecule has 6 heteroatoms. The van der Waals surface area contributed by atoms with Gasteiger partial charge < -0.3 is 11.1 Å². The Labute approximate surface area is 142 Å². The fraction of sp³-hybridized carbons (Fsp3) is 0.765. The molecule has 2 heterocycles. The number of rotatable bonds is 5. The molecule has 1 aliphatic carbocycles. The van der Waals surface area contributed by atoms with Crippen LogP contribution in [0.1, 0.15) is 42.8 Å². The molecule has 0 spiro atoms. The highest BCUT2D eigenvalue weighted by Gasteiger charge is 2.31. The number of carbonyl (C=O) groups is 1. The lowest BCUT2D eigenvalue weighted by molar-refractivity contribution is -0.127. The van der Waals surface area contributed by atoms with Crippen LogP contribution in [0.2, 0.25) is 0 Å². The molecule has 1 saturated heterocycles. The Hall–Kier alpha value is -0.980. The Balaban J connectivity index is 1.44. The molecule has 2 aliphatic rings. The van der Waals surface area contributed by atoms with E-state index >= 15 is 0 Å². The Morgan fingerprint density at radius 1 is 1.39 bits per heavy atom. The highest BCUT2D eigenvalue weighted by molar-refractivity contribution is 7.09. The van der Waals surface area contributed by atoms with Crippen LogP contribution in [0.25, 0.3) is 0 Å². The highest BCUT2D eigenvalue weighted by atomic mass is 32.1. The molecular formula is C17H28N4OS. The Bertz CT molecular complexity index is 524. The predicted octanol–water partition coefficient (Wildman–Crippen LogP) is 1.91. The van der Waals surface area contributed by atoms with E-state index in [4.69, 9.17) is 5.73 Å². The van der Waals surface area contributed by atoms with Crippen molar-refractivity contribution in [2.75, 3.05) is 19.6 Å². The van der Waals surface area contributed by atoms with Gasteiger partial charge in [-0.1, -0.05) is 6.42 Å². The van der Waals surface area contributed by atoms with Crippen LogP contribution < -0.4 is 11.1 Å². The van der Waals surface area contributed by atoms with Gasteiger partial charge in [-0.15, -0.1) is 11.3 Å². The predicted molar refractivity (Wildman–Crippen MR) is 93.2 cm³/mol. The van der Waals surface area contributed by atoms with Crippen LogP contribution in [0.15, 0.2) is 5.38 Å². The zero-order valence-electron chi connectivity index (χ0n) is 14.0. The number of aromatic nitrogens is 1. The Kier molecular flexibility index (Phi) is 5.67. The minimum Gasteiger partial charge on any atom is -0.353 e. The number of nitrogens with two attached hydrogens (primary N) is 1. The second-order valence-electron chi connectivity index (χ2n) is 6.95. The molecule has 0 bridgehead atoms. The third kappa shape index (κ3) is 4.31. The quantitative estimate of drug-likeness (QED) is 0.861. The normalized spacial score (nSPS) is 26.5. The van der Waals surface area contributed by atoms with Crippen LogP contribution in [0.4, 0.5) is 0 Å². The van der Waals surface area contributed by atoms with Crippen LogP contribution in [-0.2, 0) is 11.3 Å². The molecule has 23 heavy (non-hydrogen) atoms.